The summed E-state index contributed by atoms with van der Waals surface area (Å²) in [7, 11) is -3.45. The molecule has 0 aliphatic carbocycles. The van der Waals surface area contributed by atoms with E-state index >= 15 is 0 Å². The van der Waals surface area contributed by atoms with Crippen molar-refractivity contribution in [2.75, 3.05) is 5.75 Å². The van der Waals surface area contributed by atoms with E-state index in [1.54, 1.807) is 19.1 Å². The molecule has 7 nitrogen and oxygen atoms in total. The summed E-state index contributed by atoms with van der Waals surface area (Å²) in [5.41, 5.74) is 1.48. The Kier molecular flexibility index (Phi) is 4.08. The number of hydrogen-bond donors (Lipinski definition) is 1. The third kappa shape index (κ3) is 3.46. The fourth-order valence-electron chi connectivity index (χ4n) is 1.98. The topological polar surface area (TPSA) is 102 Å². The SMILES string of the molecule is Cc1ccc(S(=O)(=O)CCn2cc(C(=O)O)nn2)c(C)c1. The van der Waals surface area contributed by atoms with Gasteiger partial charge in [-0.2, -0.15) is 0 Å². The average Bonchev–Trinajstić information content (AvgIpc) is 2.85. The van der Waals surface area contributed by atoms with Gasteiger partial charge in [0.1, 0.15) is 0 Å². The summed E-state index contributed by atoms with van der Waals surface area (Å²) < 4.78 is 25.8. The van der Waals surface area contributed by atoms with Crippen LogP contribution in [0, 0.1) is 13.8 Å². The van der Waals surface area contributed by atoms with E-state index in [0.29, 0.717) is 5.56 Å². The molecule has 2 aromatic rings. The van der Waals surface area contributed by atoms with Crippen molar-refractivity contribution in [3.63, 3.8) is 0 Å². The summed E-state index contributed by atoms with van der Waals surface area (Å²) in [4.78, 5) is 11.0. The Morgan fingerprint density at radius 3 is 2.62 bits per heavy atom. The van der Waals surface area contributed by atoms with Gasteiger partial charge < -0.3 is 5.11 Å². The van der Waals surface area contributed by atoms with Crippen LogP contribution in [0.5, 0.6) is 0 Å². The lowest BCUT2D eigenvalue weighted by Crippen LogP contribution is -2.14. The van der Waals surface area contributed by atoms with Crippen molar-refractivity contribution >= 4 is 15.8 Å². The summed E-state index contributed by atoms with van der Waals surface area (Å²) in [6, 6.07) is 5.15. The van der Waals surface area contributed by atoms with E-state index in [4.69, 9.17) is 5.11 Å². The molecule has 0 bridgehead atoms. The molecule has 0 fully saturated rings. The second-order valence-electron chi connectivity index (χ2n) is 4.76. The standard InChI is InChI=1S/C13H15N3O4S/c1-9-3-4-12(10(2)7-9)21(19,20)6-5-16-8-11(13(17)18)14-15-16/h3-4,7-8H,5-6H2,1-2H3,(H,17,18). The fourth-order valence-corrected chi connectivity index (χ4v) is 3.45. The number of carboxylic acids is 1. The van der Waals surface area contributed by atoms with Gasteiger partial charge in [-0.25, -0.2) is 13.2 Å². The number of rotatable bonds is 5. The maximum Gasteiger partial charge on any atom is 0.358 e. The molecule has 112 valence electrons. The normalized spacial score (nSPS) is 11.5. The van der Waals surface area contributed by atoms with Gasteiger partial charge in [-0.1, -0.05) is 22.9 Å². The third-order valence-electron chi connectivity index (χ3n) is 3.01. The zero-order chi connectivity index (χ0) is 15.6. The Balaban J connectivity index is 2.15. The van der Waals surface area contributed by atoms with E-state index in [1.807, 2.05) is 13.0 Å². The lowest BCUT2D eigenvalue weighted by Gasteiger charge is -2.08. The first-order valence-electron chi connectivity index (χ1n) is 6.23. The summed E-state index contributed by atoms with van der Waals surface area (Å²) >= 11 is 0. The van der Waals surface area contributed by atoms with Crippen LogP contribution in [0.3, 0.4) is 0 Å². The van der Waals surface area contributed by atoms with Crippen LogP contribution in [0.1, 0.15) is 21.6 Å². The summed E-state index contributed by atoms with van der Waals surface area (Å²) in [6.07, 6.45) is 1.21. The molecular weight excluding hydrogens is 294 g/mol. The third-order valence-corrected chi connectivity index (χ3v) is 4.86. The van der Waals surface area contributed by atoms with Crippen LogP contribution < -0.4 is 0 Å². The van der Waals surface area contributed by atoms with Crippen molar-refractivity contribution in [2.24, 2.45) is 0 Å². The molecule has 0 unspecified atom stereocenters. The minimum Gasteiger partial charge on any atom is -0.476 e. The maximum atomic E-state index is 12.3. The van der Waals surface area contributed by atoms with Gasteiger partial charge in [-0.3, -0.25) is 4.68 Å². The highest BCUT2D eigenvalue weighted by molar-refractivity contribution is 7.91. The molecule has 0 spiro atoms. The maximum absolute atomic E-state index is 12.3. The van der Waals surface area contributed by atoms with Crippen molar-refractivity contribution in [3.8, 4) is 0 Å². The van der Waals surface area contributed by atoms with Gasteiger partial charge in [0.15, 0.2) is 15.5 Å². The van der Waals surface area contributed by atoms with Crippen LogP contribution in [0.15, 0.2) is 29.3 Å². The predicted octanol–water partition coefficient (Wildman–Crippen LogP) is 1.07. The van der Waals surface area contributed by atoms with Gasteiger partial charge in [0, 0.05) is 0 Å². The minimum absolute atomic E-state index is 0.0515. The van der Waals surface area contributed by atoms with Gasteiger partial charge in [0.05, 0.1) is 23.4 Å². The molecule has 2 rings (SSSR count). The Morgan fingerprint density at radius 1 is 1.33 bits per heavy atom. The molecule has 1 N–H and O–H groups in total. The Labute approximate surface area is 122 Å². The fraction of sp³-hybridized carbons (Fsp3) is 0.308. The largest absolute Gasteiger partial charge is 0.476 e. The van der Waals surface area contributed by atoms with Gasteiger partial charge in [-0.05, 0) is 25.5 Å². The first kappa shape index (κ1) is 15.2. The summed E-state index contributed by atoms with van der Waals surface area (Å²) in [6.45, 7) is 3.69. The molecule has 0 aliphatic rings. The molecule has 8 heteroatoms. The van der Waals surface area contributed by atoms with E-state index in [-0.39, 0.29) is 22.9 Å². The molecular formula is C13H15N3O4S. The van der Waals surface area contributed by atoms with E-state index in [9.17, 15) is 13.2 Å². The molecule has 0 saturated heterocycles. The predicted molar refractivity (Wildman–Crippen MR) is 75.0 cm³/mol. The second-order valence-corrected chi connectivity index (χ2v) is 6.84. The van der Waals surface area contributed by atoms with Gasteiger partial charge in [0.25, 0.3) is 0 Å². The molecule has 0 amide bonds. The molecule has 0 radical (unpaired) electrons. The lowest BCUT2D eigenvalue weighted by molar-refractivity contribution is 0.0690. The minimum atomic E-state index is -3.45. The van der Waals surface area contributed by atoms with Crippen molar-refractivity contribution in [3.05, 3.63) is 41.2 Å². The van der Waals surface area contributed by atoms with Crippen LogP contribution in [-0.2, 0) is 16.4 Å². The molecule has 0 atom stereocenters. The van der Waals surface area contributed by atoms with Crippen LogP contribution >= 0.6 is 0 Å². The van der Waals surface area contributed by atoms with Gasteiger partial charge >= 0.3 is 5.97 Å². The zero-order valence-electron chi connectivity index (χ0n) is 11.6. The van der Waals surface area contributed by atoms with Crippen LogP contribution in [-0.4, -0.2) is 40.2 Å². The number of sulfone groups is 1. The highest BCUT2D eigenvalue weighted by Gasteiger charge is 2.18. The molecule has 0 saturated carbocycles. The quantitative estimate of drug-likeness (QED) is 0.886. The number of nitrogens with zero attached hydrogens (tertiary/aromatic N) is 3. The molecule has 21 heavy (non-hydrogen) atoms. The number of carboxylic acid groups (broad SMARTS) is 1. The number of benzene rings is 1. The smallest absolute Gasteiger partial charge is 0.358 e. The number of aryl methyl sites for hydroxylation is 3. The average molecular weight is 309 g/mol. The molecule has 1 aromatic carbocycles. The highest BCUT2D eigenvalue weighted by Crippen LogP contribution is 2.18. The first-order chi connectivity index (χ1) is 9.79. The molecule has 0 aliphatic heterocycles. The monoisotopic (exact) mass is 309 g/mol. The van der Waals surface area contributed by atoms with Gasteiger partial charge in [-0.15, -0.1) is 5.10 Å². The van der Waals surface area contributed by atoms with Crippen molar-refractivity contribution < 1.29 is 18.3 Å². The van der Waals surface area contributed by atoms with Crippen molar-refractivity contribution in [1.82, 2.24) is 15.0 Å². The summed E-state index contributed by atoms with van der Waals surface area (Å²) in [5, 5.41) is 15.8. The Bertz CT molecular complexity index is 780. The van der Waals surface area contributed by atoms with E-state index in [2.05, 4.69) is 10.3 Å². The lowest BCUT2D eigenvalue weighted by atomic mass is 10.2. The summed E-state index contributed by atoms with van der Waals surface area (Å²) in [5.74, 6) is -1.36. The number of hydrogen-bond acceptors (Lipinski definition) is 5. The van der Waals surface area contributed by atoms with Crippen LogP contribution in [0.25, 0.3) is 0 Å². The van der Waals surface area contributed by atoms with Crippen LogP contribution in [0.2, 0.25) is 0 Å². The number of carbonyl (C=O) groups is 1. The first-order valence-corrected chi connectivity index (χ1v) is 7.88. The van der Waals surface area contributed by atoms with Crippen molar-refractivity contribution in [1.29, 1.82) is 0 Å². The molecule has 1 aromatic heterocycles. The molecule has 1 heterocycles. The van der Waals surface area contributed by atoms with E-state index in [0.717, 1.165) is 5.56 Å². The van der Waals surface area contributed by atoms with Crippen molar-refractivity contribution in [2.45, 2.75) is 25.3 Å². The van der Waals surface area contributed by atoms with E-state index < -0.39 is 15.8 Å². The zero-order valence-corrected chi connectivity index (χ0v) is 12.5. The second kappa shape index (κ2) is 5.65. The Hall–Kier alpha value is -2.22. The van der Waals surface area contributed by atoms with E-state index in [1.165, 1.54) is 10.9 Å². The highest BCUT2D eigenvalue weighted by atomic mass is 32.2. The number of aromatic carboxylic acids is 1. The van der Waals surface area contributed by atoms with Gasteiger partial charge in [0.2, 0.25) is 0 Å². The number of aromatic nitrogens is 3. The Morgan fingerprint density at radius 2 is 2.05 bits per heavy atom. The van der Waals surface area contributed by atoms with Crippen LogP contribution in [0.4, 0.5) is 0 Å².